The zero-order valence-corrected chi connectivity index (χ0v) is 19.4. The summed E-state index contributed by atoms with van der Waals surface area (Å²) >= 11 is 7.08. The number of fused-ring (bicyclic) bond motifs is 1. The first-order valence-electron chi connectivity index (χ1n) is 10.5. The predicted molar refractivity (Wildman–Crippen MR) is 128 cm³/mol. The first-order valence-corrected chi connectivity index (χ1v) is 11.7. The van der Waals surface area contributed by atoms with Gasteiger partial charge in [-0.25, -0.2) is 9.98 Å². The highest BCUT2D eigenvalue weighted by Gasteiger charge is 2.24. The fourth-order valence-electron chi connectivity index (χ4n) is 3.99. The molecule has 0 saturated carbocycles. The first-order chi connectivity index (χ1) is 16.5. The highest BCUT2D eigenvalue weighted by molar-refractivity contribution is 7.21. The third-order valence-corrected chi connectivity index (χ3v) is 6.96. The summed E-state index contributed by atoms with van der Waals surface area (Å²) in [6.45, 7) is 1.71. The van der Waals surface area contributed by atoms with E-state index < -0.39 is 5.90 Å². The van der Waals surface area contributed by atoms with Crippen LogP contribution < -0.4 is 26.4 Å². The van der Waals surface area contributed by atoms with Crippen molar-refractivity contribution in [3.05, 3.63) is 45.9 Å². The average Bonchev–Trinajstić information content (AvgIpc) is 3.44. The molecule has 4 aromatic rings. The van der Waals surface area contributed by atoms with E-state index in [9.17, 15) is 10.4 Å². The SMILES string of the molecule is N#Cc1c(N)nc2sc(/C([O-])=N/c3c[n+](N4CCCCC4)no3)c(N)c2c1-c1ccc(Cl)cc1. The van der Waals surface area contributed by atoms with Crippen LogP contribution in [0.25, 0.3) is 21.3 Å². The van der Waals surface area contributed by atoms with Crippen LogP contribution in [0.5, 0.6) is 0 Å². The maximum atomic E-state index is 13.0. The summed E-state index contributed by atoms with van der Waals surface area (Å²) in [7, 11) is 0. The number of piperidine rings is 1. The van der Waals surface area contributed by atoms with E-state index >= 15 is 0 Å². The summed E-state index contributed by atoms with van der Waals surface area (Å²) in [5.41, 5.74) is 14.0. The summed E-state index contributed by atoms with van der Waals surface area (Å²) in [4.78, 5) is 10.5. The molecule has 0 radical (unpaired) electrons. The van der Waals surface area contributed by atoms with Crippen molar-refractivity contribution in [2.75, 3.05) is 29.6 Å². The third kappa shape index (κ3) is 3.87. The second kappa shape index (κ2) is 8.81. The number of hydrogen-bond acceptors (Lipinski definition) is 10. The number of nitrogen functional groups attached to an aromatic ring is 2. The first kappa shape index (κ1) is 21.9. The van der Waals surface area contributed by atoms with Crippen LogP contribution >= 0.6 is 22.9 Å². The Morgan fingerprint density at radius 1 is 1.24 bits per heavy atom. The van der Waals surface area contributed by atoms with E-state index in [1.807, 2.05) is 5.01 Å². The monoisotopic (exact) mass is 494 g/mol. The number of rotatable bonds is 4. The van der Waals surface area contributed by atoms with E-state index in [-0.39, 0.29) is 27.8 Å². The van der Waals surface area contributed by atoms with Crippen LogP contribution in [0.15, 0.2) is 40.0 Å². The molecule has 5 rings (SSSR count). The van der Waals surface area contributed by atoms with Crippen LogP contribution in [0.4, 0.5) is 17.4 Å². The molecule has 3 aromatic heterocycles. The Bertz CT molecular complexity index is 1450. The van der Waals surface area contributed by atoms with Crippen molar-refractivity contribution in [3.63, 3.8) is 0 Å². The molecule has 4 N–H and O–H groups in total. The summed E-state index contributed by atoms with van der Waals surface area (Å²) < 4.78 is 5.24. The van der Waals surface area contributed by atoms with E-state index in [0.29, 0.717) is 26.4 Å². The van der Waals surface area contributed by atoms with Crippen LogP contribution in [-0.4, -0.2) is 29.2 Å². The van der Waals surface area contributed by atoms with E-state index in [4.69, 9.17) is 27.6 Å². The minimum atomic E-state index is -0.596. The number of nitriles is 1. The standard InChI is InChI=1S/C22H19ClN8O2S/c23-13-6-4-12(5-7-13)16-14(10-24)20(26)28-22-17(16)18(25)19(34-22)21(32)27-15-11-31(29-33-15)30-8-2-1-3-9-30/h4-7,11H,1-3,8-9H2,(H4-,25,26,27,28,29,32). The molecule has 34 heavy (non-hydrogen) atoms. The van der Waals surface area contributed by atoms with Gasteiger partial charge in [-0.3, -0.25) is 4.52 Å². The number of hydrogen-bond donors (Lipinski definition) is 2. The lowest BCUT2D eigenvalue weighted by molar-refractivity contribution is -0.759. The Morgan fingerprint density at radius 2 is 1.97 bits per heavy atom. The Kier molecular flexibility index (Phi) is 5.69. The molecular formula is C22H19ClN8O2S. The number of aromatic nitrogens is 3. The zero-order valence-electron chi connectivity index (χ0n) is 17.9. The van der Waals surface area contributed by atoms with Gasteiger partial charge in [0.25, 0.3) is 6.20 Å². The van der Waals surface area contributed by atoms with Gasteiger partial charge < -0.3 is 16.6 Å². The molecule has 12 heteroatoms. The Hall–Kier alpha value is -3.88. The lowest BCUT2D eigenvalue weighted by atomic mass is 9.97. The molecule has 0 amide bonds. The molecule has 1 aliphatic heterocycles. The number of aliphatic imine (C=N–C) groups is 1. The fourth-order valence-corrected chi connectivity index (χ4v) is 5.11. The van der Waals surface area contributed by atoms with Crippen LogP contribution in [0.3, 0.4) is 0 Å². The molecule has 1 aliphatic rings. The predicted octanol–water partition coefficient (Wildman–Crippen LogP) is 2.49. The maximum Gasteiger partial charge on any atom is 0.324 e. The van der Waals surface area contributed by atoms with Gasteiger partial charge in [-0.15, -0.1) is 11.3 Å². The number of nitrogens with two attached hydrogens (primary N) is 2. The molecule has 172 valence electrons. The third-order valence-electron chi connectivity index (χ3n) is 5.62. The van der Waals surface area contributed by atoms with Crippen LogP contribution in [0.2, 0.25) is 5.02 Å². The number of anilines is 2. The maximum absolute atomic E-state index is 13.0. The number of pyridine rings is 1. The largest absolute Gasteiger partial charge is 0.857 e. The lowest BCUT2D eigenvalue weighted by Crippen LogP contribution is -2.60. The van der Waals surface area contributed by atoms with Crippen molar-refractivity contribution in [1.82, 2.24) is 10.3 Å². The fraction of sp³-hybridized carbons (Fsp3) is 0.227. The normalized spacial score (nSPS) is 14.5. The summed E-state index contributed by atoms with van der Waals surface area (Å²) in [5, 5.41) is 29.8. The molecule has 4 heterocycles. The summed E-state index contributed by atoms with van der Waals surface area (Å²) in [6, 6.07) is 9.02. The minimum absolute atomic E-state index is 0.0509. The van der Waals surface area contributed by atoms with Gasteiger partial charge in [0.1, 0.15) is 22.3 Å². The average molecular weight is 495 g/mol. The van der Waals surface area contributed by atoms with Crippen LogP contribution in [0.1, 0.15) is 29.7 Å². The Labute approximate surface area is 203 Å². The molecule has 0 unspecified atom stereocenters. The van der Waals surface area contributed by atoms with Gasteiger partial charge in [0.2, 0.25) is 5.27 Å². The minimum Gasteiger partial charge on any atom is -0.857 e. The Balaban J connectivity index is 1.59. The summed E-state index contributed by atoms with van der Waals surface area (Å²) in [5.74, 6) is -0.480. The molecule has 1 saturated heterocycles. The van der Waals surface area contributed by atoms with E-state index in [1.165, 1.54) is 6.42 Å². The smallest absolute Gasteiger partial charge is 0.324 e. The second-order valence-corrected chi connectivity index (χ2v) is 9.22. The molecule has 1 fully saturated rings. The number of benzene rings is 1. The van der Waals surface area contributed by atoms with E-state index in [0.717, 1.165) is 37.3 Å². The van der Waals surface area contributed by atoms with E-state index in [1.54, 1.807) is 35.3 Å². The van der Waals surface area contributed by atoms with Crippen molar-refractivity contribution in [3.8, 4) is 17.2 Å². The lowest BCUT2D eigenvalue weighted by Gasteiger charge is -2.17. The number of nitrogens with zero attached hydrogens (tertiary/aromatic N) is 6. The van der Waals surface area contributed by atoms with Gasteiger partial charge in [0.15, 0.2) is 0 Å². The van der Waals surface area contributed by atoms with Gasteiger partial charge in [-0.1, -0.05) is 23.7 Å². The van der Waals surface area contributed by atoms with Gasteiger partial charge in [-0.05, 0) is 37.0 Å². The second-order valence-electron chi connectivity index (χ2n) is 7.78. The highest BCUT2D eigenvalue weighted by Crippen LogP contribution is 2.42. The Morgan fingerprint density at radius 3 is 2.68 bits per heavy atom. The van der Waals surface area contributed by atoms with Gasteiger partial charge in [0.05, 0.1) is 28.4 Å². The van der Waals surface area contributed by atoms with Crippen molar-refractivity contribution < 1.29 is 14.4 Å². The molecule has 10 nitrogen and oxygen atoms in total. The van der Waals surface area contributed by atoms with Crippen LogP contribution in [0, 0.1) is 11.3 Å². The molecule has 0 bridgehead atoms. The van der Waals surface area contributed by atoms with Gasteiger partial charge in [-0.2, -0.15) is 10.3 Å². The molecule has 0 spiro atoms. The zero-order chi connectivity index (χ0) is 23.8. The number of halogens is 1. The van der Waals surface area contributed by atoms with Gasteiger partial charge in [0, 0.05) is 21.9 Å². The molecule has 0 aliphatic carbocycles. The van der Waals surface area contributed by atoms with Crippen molar-refractivity contribution in [2.24, 2.45) is 4.99 Å². The van der Waals surface area contributed by atoms with Crippen molar-refractivity contribution >= 4 is 56.4 Å². The van der Waals surface area contributed by atoms with E-state index in [2.05, 4.69) is 21.3 Å². The van der Waals surface area contributed by atoms with Gasteiger partial charge >= 0.3 is 5.88 Å². The molecular weight excluding hydrogens is 476 g/mol. The quantitative estimate of drug-likeness (QED) is 0.249. The van der Waals surface area contributed by atoms with Crippen molar-refractivity contribution in [2.45, 2.75) is 19.3 Å². The topological polar surface area (TPSA) is 157 Å². The molecule has 1 aromatic carbocycles. The van der Waals surface area contributed by atoms with Crippen LogP contribution in [-0.2, 0) is 0 Å². The number of thiophene rings is 1. The van der Waals surface area contributed by atoms with Crippen molar-refractivity contribution in [1.29, 1.82) is 5.26 Å². The summed E-state index contributed by atoms with van der Waals surface area (Å²) in [6.07, 6.45) is 4.89. The highest BCUT2D eigenvalue weighted by atomic mass is 35.5. The molecule has 0 atom stereocenters.